The number of pyridine rings is 1. The summed E-state index contributed by atoms with van der Waals surface area (Å²) in [6.07, 6.45) is 0. The van der Waals surface area contributed by atoms with E-state index in [1.165, 1.54) is 0 Å². The van der Waals surface area contributed by atoms with E-state index >= 15 is 0 Å². The number of ether oxygens (including phenoxy) is 1. The summed E-state index contributed by atoms with van der Waals surface area (Å²) in [6, 6.07) is 22.3. The molecule has 0 aliphatic carbocycles. The quantitative estimate of drug-likeness (QED) is 0.679. The fourth-order valence-corrected chi connectivity index (χ4v) is 2.20. The van der Waals surface area contributed by atoms with Crippen molar-refractivity contribution in [2.45, 2.75) is 0 Å². The molecule has 0 unspecified atom stereocenters. The van der Waals surface area contributed by atoms with E-state index in [4.69, 9.17) is 16.3 Å². The van der Waals surface area contributed by atoms with Crippen LogP contribution in [0.5, 0.6) is 11.6 Å². The van der Waals surface area contributed by atoms with Gasteiger partial charge in [-0.1, -0.05) is 48.0 Å². The van der Waals surface area contributed by atoms with Crippen LogP contribution >= 0.6 is 11.6 Å². The molecule has 0 radical (unpaired) electrons. The fourth-order valence-electron chi connectivity index (χ4n) is 2.02. The highest BCUT2D eigenvalue weighted by Crippen LogP contribution is 2.28. The van der Waals surface area contributed by atoms with Crippen molar-refractivity contribution >= 4 is 11.6 Å². The zero-order valence-corrected chi connectivity index (χ0v) is 12.3. The molecule has 0 amide bonds. The third-order valence-corrected chi connectivity index (χ3v) is 3.30. The first kappa shape index (κ1) is 14.1. The number of nitriles is 1. The lowest BCUT2D eigenvalue weighted by molar-refractivity contribution is 0.462. The van der Waals surface area contributed by atoms with E-state index in [0.29, 0.717) is 16.3 Å². The highest BCUT2D eigenvalue weighted by Gasteiger charge is 2.09. The van der Waals surface area contributed by atoms with Crippen molar-refractivity contribution in [2.75, 3.05) is 0 Å². The zero-order valence-electron chi connectivity index (χ0n) is 11.5. The number of hydrogen-bond donors (Lipinski definition) is 0. The van der Waals surface area contributed by atoms with E-state index in [9.17, 15) is 5.26 Å². The average molecular weight is 307 g/mol. The van der Waals surface area contributed by atoms with Crippen LogP contribution in [0.1, 0.15) is 5.56 Å². The Bertz CT molecular complexity index is 841. The van der Waals surface area contributed by atoms with Crippen molar-refractivity contribution < 1.29 is 4.74 Å². The van der Waals surface area contributed by atoms with Crippen molar-refractivity contribution in [1.82, 2.24) is 4.98 Å². The lowest BCUT2D eigenvalue weighted by Crippen LogP contribution is -1.94. The first-order valence-electron chi connectivity index (χ1n) is 6.66. The van der Waals surface area contributed by atoms with Crippen molar-refractivity contribution in [2.24, 2.45) is 0 Å². The Labute approximate surface area is 133 Å². The van der Waals surface area contributed by atoms with Crippen molar-refractivity contribution in [3.05, 3.63) is 77.3 Å². The van der Waals surface area contributed by atoms with E-state index in [-0.39, 0.29) is 5.88 Å². The molecule has 106 valence electrons. The summed E-state index contributed by atoms with van der Waals surface area (Å²) in [6.45, 7) is 0. The lowest BCUT2D eigenvalue weighted by atomic mass is 10.1. The number of nitrogens with zero attached hydrogens (tertiary/aromatic N) is 2. The van der Waals surface area contributed by atoms with Gasteiger partial charge in [0.25, 0.3) is 0 Å². The molecule has 0 atom stereocenters. The Morgan fingerprint density at radius 2 is 1.77 bits per heavy atom. The maximum absolute atomic E-state index is 9.22. The third kappa shape index (κ3) is 3.08. The maximum atomic E-state index is 9.22. The second-order valence-corrected chi connectivity index (χ2v) is 5.02. The average Bonchev–Trinajstić information content (AvgIpc) is 2.56. The molecule has 0 saturated carbocycles. The van der Waals surface area contributed by atoms with Crippen LogP contribution in [0.2, 0.25) is 5.02 Å². The van der Waals surface area contributed by atoms with Crippen LogP contribution in [0.3, 0.4) is 0 Å². The maximum Gasteiger partial charge on any atom is 0.237 e. The summed E-state index contributed by atoms with van der Waals surface area (Å²) in [7, 11) is 0. The van der Waals surface area contributed by atoms with Gasteiger partial charge in [0.15, 0.2) is 0 Å². The van der Waals surface area contributed by atoms with Gasteiger partial charge in [0.1, 0.15) is 17.4 Å². The van der Waals surface area contributed by atoms with Gasteiger partial charge in [-0.25, -0.2) is 4.98 Å². The molecule has 3 aromatic rings. The summed E-state index contributed by atoms with van der Waals surface area (Å²) in [5.41, 5.74) is 2.08. The van der Waals surface area contributed by atoms with Crippen LogP contribution in [0.25, 0.3) is 11.3 Å². The van der Waals surface area contributed by atoms with Gasteiger partial charge in [-0.2, -0.15) is 5.26 Å². The topological polar surface area (TPSA) is 45.9 Å². The molecule has 4 heteroatoms. The fraction of sp³-hybridized carbons (Fsp3) is 0. The zero-order chi connectivity index (χ0) is 15.4. The Morgan fingerprint density at radius 3 is 2.50 bits per heavy atom. The van der Waals surface area contributed by atoms with Gasteiger partial charge >= 0.3 is 0 Å². The Morgan fingerprint density at radius 1 is 0.955 bits per heavy atom. The molecule has 0 spiro atoms. The summed E-state index contributed by atoms with van der Waals surface area (Å²) in [4.78, 5) is 4.45. The van der Waals surface area contributed by atoms with Crippen LogP contribution in [0, 0.1) is 11.3 Å². The lowest BCUT2D eigenvalue weighted by Gasteiger charge is -2.09. The second-order valence-electron chi connectivity index (χ2n) is 4.59. The highest BCUT2D eigenvalue weighted by molar-refractivity contribution is 6.30. The van der Waals surface area contributed by atoms with Crippen molar-refractivity contribution in [3.8, 4) is 29.0 Å². The molecule has 0 N–H and O–H groups in total. The molecule has 2 aromatic carbocycles. The minimum atomic E-state index is 0.270. The predicted molar refractivity (Wildman–Crippen MR) is 85.9 cm³/mol. The van der Waals surface area contributed by atoms with E-state index in [1.807, 2.05) is 30.3 Å². The molecular weight excluding hydrogens is 296 g/mol. The highest BCUT2D eigenvalue weighted by atomic mass is 35.5. The summed E-state index contributed by atoms with van der Waals surface area (Å²) >= 11 is 5.95. The Balaban J connectivity index is 2.00. The minimum absolute atomic E-state index is 0.270. The third-order valence-electron chi connectivity index (χ3n) is 3.06. The predicted octanol–water partition coefficient (Wildman–Crippen LogP) is 5.07. The molecule has 0 fully saturated rings. The number of benzene rings is 2. The van der Waals surface area contributed by atoms with Crippen molar-refractivity contribution in [3.63, 3.8) is 0 Å². The molecule has 1 aromatic heterocycles. The number of rotatable bonds is 3. The van der Waals surface area contributed by atoms with E-state index < -0.39 is 0 Å². The molecule has 0 aliphatic heterocycles. The van der Waals surface area contributed by atoms with Gasteiger partial charge in [-0.05, 0) is 30.3 Å². The first-order valence-corrected chi connectivity index (χ1v) is 7.04. The van der Waals surface area contributed by atoms with Crippen LogP contribution in [0.4, 0.5) is 0 Å². The Kier molecular flexibility index (Phi) is 4.04. The van der Waals surface area contributed by atoms with Gasteiger partial charge in [-0.3, -0.25) is 0 Å². The molecule has 0 bridgehead atoms. The van der Waals surface area contributed by atoms with Gasteiger partial charge in [0.05, 0.1) is 5.69 Å². The molecule has 3 nitrogen and oxygen atoms in total. The van der Waals surface area contributed by atoms with Gasteiger partial charge < -0.3 is 4.74 Å². The van der Waals surface area contributed by atoms with E-state index in [1.54, 1.807) is 36.4 Å². The molecule has 3 rings (SSSR count). The number of hydrogen-bond acceptors (Lipinski definition) is 3. The Hall–Kier alpha value is -2.83. The van der Waals surface area contributed by atoms with Gasteiger partial charge in [0.2, 0.25) is 5.88 Å². The van der Waals surface area contributed by atoms with E-state index in [2.05, 4.69) is 11.1 Å². The van der Waals surface area contributed by atoms with Crippen molar-refractivity contribution in [1.29, 1.82) is 5.26 Å². The van der Waals surface area contributed by atoms with Crippen LogP contribution in [-0.2, 0) is 0 Å². The molecule has 0 aliphatic rings. The SMILES string of the molecule is N#Cc1ccc(-c2ccccc2)nc1Oc1cccc(Cl)c1. The molecule has 0 saturated heterocycles. The van der Waals surface area contributed by atoms with Crippen LogP contribution in [-0.4, -0.2) is 4.98 Å². The monoisotopic (exact) mass is 306 g/mol. The minimum Gasteiger partial charge on any atom is -0.438 e. The molecule has 1 heterocycles. The van der Waals surface area contributed by atoms with Crippen LogP contribution in [0.15, 0.2) is 66.7 Å². The number of aromatic nitrogens is 1. The van der Waals surface area contributed by atoms with E-state index in [0.717, 1.165) is 11.3 Å². The first-order chi connectivity index (χ1) is 10.8. The second kappa shape index (κ2) is 6.30. The summed E-state index contributed by atoms with van der Waals surface area (Å²) in [5.74, 6) is 0.813. The normalized spacial score (nSPS) is 10.0. The molecular formula is C18H11ClN2O. The van der Waals surface area contributed by atoms with Gasteiger partial charge in [-0.15, -0.1) is 0 Å². The largest absolute Gasteiger partial charge is 0.438 e. The van der Waals surface area contributed by atoms with Gasteiger partial charge in [0, 0.05) is 10.6 Å². The molecule has 22 heavy (non-hydrogen) atoms. The summed E-state index contributed by atoms with van der Waals surface area (Å²) < 4.78 is 5.73. The smallest absolute Gasteiger partial charge is 0.237 e. The summed E-state index contributed by atoms with van der Waals surface area (Å²) in [5, 5.41) is 9.78. The standard InChI is InChI=1S/C18H11ClN2O/c19-15-7-4-8-16(11-15)22-18-14(12-20)9-10-17(21-18)13-5-2-1-3-6-13/h1-11H. The van der Waals surface area contributed by atoms with Crippen LogP contribution < -0.4 is 4.74 Å². The number of halogens is 1.